The number of carbonyl (C=O) groups is 1. The fourth-order valence-electron chi connectivity index (χ4n) is 6.45. The van der Waals surface area contributed by atoms with Gasteiger partial charge < -0.3 is 30.3 Å². The van der Waals surface area contributed by atoms with E-state index in [-0.39, 0.29) is 10.9 Å². The van der Waals surface area contributed by atoms with Gasteiger partial charge in [-0.15, -0.1) is 11.8 Å². The number of carbonyl (C=O) groups excluding carboxylic acids is 1. The van der Waals surface area contributed by atoms with Gasteiger partial charge in [-0.25, -0.2) is 4.79 Å². The Kier molecular flexibility index (Phi) is 11.5. The van der Waals surface area contributed by atoms with Crippen LogP contribution in [-0.2, 0) is 30.4 Å². The number of rotatable bonds is 11. The first-order valence-electron chi connectivity index (χ1n) is 15.9. The molecule has 244 valence electrons. The lowest BCUT2D eigenvalue weighted by atomic mass is 10.0. The van der Waals surface area contributed by atoms with Gasteiger partial charge in [-0.3, -0.25) is 4.68 Å². The van der Waals surface area contributed by atoms with Crippen molar-refractivity contribution in [2.24, 2.45) is 0 Å². The third kappa shape index (κ3) is 8.68. The van der Waals surface area contributed by atoms with Crippen LogP contribution in [0.1, 0.15) is 55.8 Å². The SMILES string of the molecule is CCOC(=O)NC1CCN(CC(O)Cn2nc(-c3ccc(C(F)(F)F)c(SCCN4CCCCC4)c3)c3c2CCNC3)CC1. The van der Waals surface area contributed by atoms with Crippen molar-refractivity contribution in [3.63, 3.8) is 0 Å². The van der Waals surface area contributed by atoms with E-state index in [2.05, 4.69) is 20.4 Å². The molecule has 1 atom stereocenters. The summed E-state index contributed by atoms with van der Waals surface area (Å²) in [6.45, 7) is 8.57. The number of benzene rings is 1. The topological polar surface area (TPSA) is 94.9 Å². The van der Waals surface area contributed by atoms with Crippen LogP contribution in [0.25, 0.3) is 11.3 Å². The molecular weight excluding hydrogens is 593 g/mol. The lowest BCUT2D eigenvalue weighted by Gasteiger charge is -2.33. The summed E-state index contributed by atoms with van der Waals surface area (Å²) in [5.74, 6) is 0.600. The third-order valence-corrected chi connectivity index (χ3v) is 9.75. The Morgan fingerprint density at radius 1 is 1.16 bits per heavy atom. The molecule has 3 aliphatic heterocycles. The quantitative estimate of drug-likeness (QED) is 0.313. The second-order valence-electron chi connectivity index (χ2n) is 11.9. The Hall–Kier alpha value is -2.32. The molecular formula is C31H45F3N6O3S. The van der Waals surface area contributed by atoms with Gasteiger partial charge >= 0.3 is 12.3 Å². The predicted octanol–water partition coefficient (Wildman–Crippen LogP) is 4.36. The summed E-state index contributed by atoms with van der Waals surface area (Å²) < 4.78 is 48.8. The number of hydrogen-bond acceptors (Lipinski definition) is 8. The van der Waals surface area contributed by atoms with Crippen LogP contribution in [-0.4, -0.2) is 101 Å². The summed E-state index contributed by atoms with van der Waals surface area (Å²) in [6.07, 6.45) is 0.338. The number of aliphatic hydroxyl groups excluding tert-OH is 1. The van der Waals surface area contributed by atoms with E-state index in [0.717, 1.165) is 82.6 Å². The number of likely N-dealkylation sites (tertiary alicyclic amines) is 2. The molecule has 2 fully saturated rings. The highest BCUT2D eigenvalue weighted by atomic mass is 32.2. The second kappa shape index (κ2) is 15.3. The molecule has 0 spiro atoms. The molecule has 2 saturated heterocycles. The molecule has 1 aromatic heterocycles. The van der Waals surface area contributed by atoms with Crippen LogP contribution in [0, 0.1) is 0 Å². The van der Waals surface area contributed by atoms with Crippen molar-refractivity contribution in [3.8, 4) is 11.3 Å². The first-order valence-corrected chi connectivity index (χ1v) is 16.9. The minimum absolute atomic E-state index is 0.0622. The van der Waals surface area contributed by atoms with Gasteiger partial charge in [0.2, 0.25) is 0 Å². The first-order chi connectivity index (χ1) is 21.2. The molecule has 3 N–H and O–H groups in total. The average molecular weight is 639 g/mol. The van der Waals surface area contributed by atoms with Crippen molar-refractivity contribution < 1.29 is 27.8 Å². The lowest BCUT2D eigenvalue weighted by Crippen LogP contribution is -2.47. The fourth-order valence-corrected chi connectivity index (χ4v) is 7.57. The van der Waals surface area contributed by atoms with E-state index in [4.69, 9.17) is 9.84 Å². The molecule has 2 aromatic rings. The van der Waals surface area contributed by atoms with Crippen LogP contribution in [0.3, 0.4) is 0 Å². The molecule has 5 rings (SSSR count). The van der Waals surface area contributed by atoms with E-state index in [9.17, 15) is 23.1 Å². The Labute approximate surface area is 261 Å². The molecule has 3 aliphatic rings. The zero-order valence-electron chi connectivity index (χ0n) is 25.5. The smallest absolute Gasteiger partial charge is 0.417 e. The van der Waals surface area contributed by atoms with Crippen LogP contribution in [0.15, 0.2) is 23.1 Å². The standard InChI is InChI=1S/C31H45F3N6O3S/c1-2-43-30(42)36-23-9-14-39(15-10-23)20-24(41)21-40-27-8-11-35-19-25(27)29(37-40)22-6-7-26(31(32,33)34)28(18-22)44-17-16-38-12-4-3-5-13-38/h6-7,18,23-24,35,41H,2-5,8-17,19-21H2,1H3,(H,36,42). The lowest BCUT2D eigenvalue weighted by molar-refractivity contribution is -0.139. The van der Waals surface area contributed by atoms with E-state index < -0.39 is 23.9 Å². The normalized spacial score (nSPS) is 19.5. The molecule has 0 bridgehead atoms. The van der Waals surface area contributed by atoms with Crippen molar-refractivity contribution in [3.05, 3.63) is 35.0 Å². The van der Waals surface area contributed by atoms with Crippen LogP contribution in [0.4, 0.5) is 18.0 Å². The number of aromatic nitrogens is 2. The van der Waals surface area contributed by atoms with Crippen molar-refractivity contribution >= 4 is 17.9 Å². The molecule has 1 unspecified atom stereocenters. The van der Waals surface area contributed by atoms with Gasteiger partial charge in [-0.2, -0.15) is 18.3 Å². The monoisotopic (exact) mass is 638 g/mol. The van der Waals surface area contributed by atoms with Crippen molar-refractivity contribution in [1.82, 2.24) is 30.2 Å². The maximum atomic E-state index is 14.0. The molecule has 0 saturated carbocycles. The number of piperidine rings is 2. The minimum atomic E-state index is -4.43. The number of alkyl carbamates (subject to hydrolysis) is 1. The highest BCUT2D eigenvalue weighted by Crippen LogP contribution is 2.40. The zero-order valence-corrected chi connectivity index (χ0v) is 26.3. The number of thioether (sulfide) groups is 1. The summed E-state index contributed by atoms with van der Waals surface area (Å²) in [5, 5.41) is 22.2. The zero-order chi connectivity index (χ0) is 31.1. The number of fused-ring (bicyclic) bond motifs is 1. The fraction of sp³-hybridized carbons (Fsp3) is 0.677. The summed E-state index contributed by atoms with van der Waals surface area (Å²) in [6, 6.07) is 4.43. The molecule has 44 heavy (non-hydrogen) atoms. The van der Waals surface area contributed by atoms with Crippen molar-refractivity contribution in [2.75, 3.05) is 58.2 Å². The van der Waals surface area contributed by atoms with Crippen LogP contribution in [0.2, 0.25) is 0 Å². The predicted molar refractivity (Wildman–Crippen MR) is 165 cm³/mol. The van der Waals surface area contributed by atoms with E-state index in [1.54, 1.807) is 13.0 Å². The van der Waals surface area contributed by atoms with Gasteiger partial charge in [0.15, 0.2) is 0 Å². The number of alkyl halides is 3. The molecule has 0 radical (unpaired) electrons. The molecule has 13 heteroatoms. The number of nitrogens with one attached hydrogen (secondary N) is 2. The van der Waals surface area contributed by atoms with Gasteiger partial charge in [0.25, 0.3) is 0 Å². The molecule has 0 aliphatic carbocycles. The number of hydrogen-bond donors (Lipinski definition) is 3. The number of amides is 1. The van der Waals surface area contributed by atoms with E-state index in [1.807, 2.05) is 4.68 Å². The Morgan fingerprint density at radius 3 is 2.66 bits per heavy atom. The van der Waals surface area contributed by atoms with Gasteiger partial charge in [0.05, 0.1) is 30.5 Å². The van der Waals surface area contributed by atoms with Crippen molar-refractivity contribution in [2.45, 2.75) is 81.8 Å². The number of nitrogens with zero attached hydrogens (tertiary/aromatic N) is 4. The third-order valence-electron chi connectivity index (χ3n) is 8.72. The van der Waals surface area contributed by atoms with E-state index in [0.29, 0.717) is 43.3 Å². The van der Waals surface area contributed by atoms with Crippen molar-refractivity contribution in [1.29, 1.82) is 0 Å². The summed E-state index contributed by atoms with van der Waals surface area (Å²) in [7, 11) is 0. The number of aliphatic hydroxyl groups is 1. The van der Waals surface area contributed by atoms with Gasteiger partial charge in [-0.1, -0.05) is 12.5 Å². The van der Waals surface area contributed by atoms with Gasteiger partial charge in [0.1, 0.15) is 0 Å². The minimum Gasteiger partial charge on any atom is -0.450 e. The largest absolute Gasteiger partial charge is 0.450 e. The summed E-state index contributed by atoms with van der Waals surface area (Å²) in [5.41, 5.74) is 2.75. The summed E-state index contributed by atoms with van der Waals surface area (Å²) in [4.78, 5) is 16.5. The first kappa shape index (κ1) is 33.1. The highest BCUT2D eigenvalue weighted by molar-refractivity contribution is 7.99. The maximum absolute atomic E-state index is 14.0. The average Bonchev–Trinajstić information content (AvgIpc) is 3.36. The van der Waals surface area contributed by atoms with E-state index >= 15 is 0 Å². The maximum Gasteiger partial charge on any atom is 0.417 e. The van der Waals surface area contributed by atoms with Crippen LogP contribution >= 0.6 is 11.8 Å². The van der Waals surface area contributed by atoms with Gasteiger partial charge in [0, 0.05) is 79.2 Å². The Balaban J connectivity index is 1.26. The Morgan fingerprint density at radius 2 is 1.93 bits per heavy atom. The molecule has 4 heterocycles. The molecule has 1 amide bonds. The van der Waals surface area contributed by atoms with Crippen LogP contribution in [0.5, 0.6) is 0 Å². The van der Waals surface area contributed by atoms with E-state index in [1.165, 1.54) is 30.3 Å². The van der Waals surface area contributed by atoms with Gasteiger partial charge in [-0.05, 0) is 57.8 Å². The number of halogens is 3. The van der Waals surface area contributed by atoms with Crippen LogP contribution < -0.4 is 10.6 Å². The highest BCUT2D eigenvalue weighted by Gasteiger charge is 2.34. The summed E-state index contributed by atoms with van der Waals surface area (Å²) >= 11 is 1.27. The molecule has 9 nitrogen and oxygen atoms in total. The molecule has 1 aromatic carbocycles. The number of β-amino-alcohol motifs (C(OH)–C–C–N with tert-alkyl or cyclic N) is 1. The second-order valence-corrected chi connectivity index (χ2v) is 13.1. The number of ether oxygens (including phenoxy) is 1. The Bertz CT molecular complexity index is 1240.